The zero-order chi connectivity index (χ0) is 11.5. The highest BCUT2D eigenvalue weighted by molar-refractivity contribution is 7.91. The number of nitrogens with two attached hydrogens (primary N) is 1. The van der Waals surface area contributed by atoms with Gasteiger partial charge in [-0.2, -0.15) is 0 Å². The van der Waals surface area contributed by atoms with Gasteiger partial charge in [0.1, 0.15) is 12.0 Å². The van der Waals surface area contributed by atoms with Gasteiger partial charge in [-0.3, -0.25) is 0 Å². The summed E-state index contributed by atoms with van der Waals surface area (Å²) in [6, 6.07) is 4.24. The summed E-state index contributed by atoms with van der Waals surface area (Å²) < 4.78 is 48.3. The van der Waals surface area contributed by atoms with E-state index in [1.165, 1.54) is 0 Å². The van der Waals surface area contributed by atoms with Crippen LogP contribution >= 0.6 is 0 Å². The zero-order valence-corrected chi connectivity index (χ0v) is 8.68. The molecule has 0 heterocycles. The van der Waals surface area contributed by atoms with Gasteiger partial charge in [-0.15, -0.1) is 0 Å². The van der Waals surface area contributed by atoms with Gasteiger partial charge in [0.15, 0.2) is 9.84 Å². The predicted octanol–water partition coefficient (Wildman–Crippen LogP) is 0.896. The second kappa shape index (κ2) is 4.67. The molecule has 3 nitrogen and oxygen atoms in total. The van der Waals surface area contributed by atoms with Crippen LogP contribution in [-0.2, 0) is 9.84 Å². The molecule has 0 amide bonds. The first-order valence-corrected chi connectivity index (χ1v) is 5.93. The Morgan fingerprint density at radius 3 is 2.27 bits per heavy atom. The van der Waals surface area contributed by atoms with Gasteiger partial charge >= 0.3 is 0 Å². The summed E-state index contributed by atoms with van der Waals surface area (Å²) in [7, 11) is -3.71. The van der Waals surface area contributed by atoms with Gasteiger partial charge < -0.3 is 5.73 Å². The molecule has 0 aliphatic rings. The highest BCUT2D eigenvalue weighted by Gasteiger charge is 2.19. The van der Waals surface area contributed by atoms with Crippen molar-refractivity contribution in [1.82, 2.24) is 0 Å². The molecule has 0 aliphatic heterocycles. The standard InChI is InChI=1S/C9H11F2NO2S/c10-7-1-3-9(4-2-7)15(13,14)6-8(11)5-12/h1-4,8H,5-6,12H2. The van der Waals surface area contributed by atoms with Crippen LogP contribution in [0.3, 0.4) is 0 Å². The van der Waals surface area contributed by atoms with Crippen LogP contribution in [0, 0.1) is 5.82 Å². The van der Waals surface area contributed by atoms with E-state index < -0.39 is 27.6 Å². The number of hydrogen-bond acceptors (Lipinski definition) is 3. The molecule has 0 spiro atoms. The predicted molar refractivity (Wildman–Crippen MR) is 52.4 cm³/mol. The Morgan fingerprint density at radius 2 is 1.80 bits per heavy atom. The van der Waals surface area contributed by atoms with E-state index in [1.807, 2.05) is 0 Å². The number of hydrogen-bond donors (Lipinski definition) is 1. The normalized spacial score (nSPS) is 13.8. The van der Waals surface area contributed by atoms with Gasteiger partial charge in [0.05, 0.1) is 10.6 Å². The van der Waals surface area contributed by atoms with Crippen LogP contribution in [0.2, 0.25) is 0 Å². The molecule has 1 aromatic rings. The third kappa shape index (κ3) is 3.24. The average Bonchev–Trinajstić information content (AvgIpc) is 2.17. The molecule has 0 aliphatic carbocycles. The van der Waals surface area contributed by atoms with Crippen molar-refractivity contribution < 1.29 is 17.2 Å². The third-order valence-electron chi connectivity index (χ3n) is 1.83. The Kier molecular flexibility index (Phi) is 3.76. The van der Waals surface area contributed by atoms with Gasteiger partial charge in [0, 0.05) is 6.54 Å². The van der Waals surface area contributed by atoms with E-state index in [0.717, 1.165) is 24.3 Å². The largest absolute Gasteiger partial charge is 0.328 e. The van der Waals surface area contributed by atoms with Crippen LogP contribution < -0.4 is 5.73 Å². The van der Waals surface area contributed by atoms with E-state index in [0.29, 0.717) is 0 Å². The highest BCUT2D eigenvalue weighted by Crippen LogP contribution is 2.13. The Labute approximate surface area is 86.8 Å². The third-order valence-corrected chi connectivity index (χ3v) is 3.62. The molecule has 0 saturated heterocycles. The van der Waals surface area contributed by atoms with E-state index in [9.17, 15) is 17.2 Å². The van der Waals surface area contributed by atoms with Crippen LogP contribution in [0.5, 0.6) is 0 Å². The van der Waals surface area contributed by atoms with Crippen molar-refractivity contribution in [2.24, 2.45) is 5.73 Å². The molecule has 1 atom stereocenters. The van der Waals surface area contributed by atoms with E-state index in [2.05, 4.69) is 0 Å². The lowest BCUT2D eigenvalue weighted by Crippen LogP contribution is -2.24. The molecule has 1 aromatic carbocycles. The number of benzene rings is 1. The van der Waals surface area contributed by atoms with Crippen molar-refractivity contribution in [2.75, 3.05) is 12.3 Å². The zero-order valence-electron chi connectivity index (χ0n) is 7.86. The maximum Gasteiger partial charge on any atom is 0.181 e. The quantitative estimate of drug-likeness (QED) is 0.789. The molecule has 6 heteroatoms. The van der Waals surface area contributed by atoms with Crippen molar-refractivity contribution >= 4 is 9.84 Å². The van der Waals surface area contributed by atoms with Crippen LogP contribution in [-0.4, -0.2) is 26.9 Å². The van der Waals surface area contributed by atoms with E-state index in [-0.39, 0.29) is 11.4 Å². The molecule has 0 aromatic heterocycles. The molecule has 0 fully saturated rings. The summed E-state index contributed by atoms with van der Waals surface area (Å²) in [6.07, 6.45) is -1.60. The van der Waals surface area contributed by atoms with Gasteiger partial charge in [-0.1, -0.05) is 0 Å². The van der Waals surface area contributed by atoms with Gasteiger partial charge in [0.2, 0.25) is 0 Å². The number of sulfone groups is 1. The van der Waals surface area contributed by atoms with E-state index >= 15 is 0 Å². The fourth-order valence-corrected chi connectivity index (χ4v) is 2.40. The van der Waals surface area contributed by atoms with Crippen molar-refractivity contribution in [1.29, 1.82) is 0 Å². The first kappa shape index (κ1) is 12.1. The summed E-state index contributed by atoms with van der Waals surface area (Å²) >= 11 is 0. The molecule has 0 bridgehead atoms. The number of alkyl halides is 1. The Hall–Kier alpha value is -1.01. The number of rotatable bonds is 4. The molecule has 0 radical (unpaired) electrons. The van der Waals surface area contributed by atoms with Crippen molar-refractivity contribution in [3.8, 4) is 0 Å². The van der Waals surface area contributed by atoms with Gasteiger partial charge in [-0.25, -0.2) is 17.2 Å². The minimum atomic E-state index is -3.71. The molecule has 15 heavy (non-hydrogen) atoms. The van der Waals surface area contributed by atoms with Crippen LogP contribution in [0.1, 0.15) is 0 Å². The monoisotopic (exact) mass is 235 g/mol. The fourth-order valence-electron chi connectivity index (χ4n) is 1.04. The molecule has 2 N–H and O–H groups in total. The fraction of sp³-hybridized carbons (Fsp3) is 0.333. The molecule has 0 saturated carbocycles. The van der Waals surface area contributed by atoms with Crippen molar-refractivity contribution in [3.63, 3.8) is 0 Å². The Balaban J connectivity index is 2.91. The van der Waals surface area contributed by atoms with E-state index in [4.69, 9.17) is 5.73 Å². The lowest BCUT2D eigenvalue weighted by atomic mass is 10.4. The van der Waals surface area contributed by atoms with Gasteiger partial charge in [-0.05, 0) is 24.3 Å². The first-order chi connectivity index (χ1) is 6.95. The highest BCUT2D eigenvalue weighted by atomic mass is 32.2. The molecule has 1 unspecified atom stereocenters. The molecule has 84 valence electrons. The lowest BCUT2D eigenvalue weighted by Gasteiger charge is -2.06. The Morgan fingerprint density at radius 1 is 1.27 bits per heavy atom. The summed E-state index contributed by atoms with van der Waals surface area (Å²) in [5.74, 6) is -1.21. The van der Waals surface area contributed by atoms with Crippen LogP contribution in [0.25, 0.3) is 0 Å². The van der Waals surface area contributed by atoms with Crippen LogP contribution in [0.15, 0.2) is 29.2 Å². The van der Waals surface area contributed by atoms with Crippen LogP contribution in [0.4, 0.5) is 8.78 Å². The lowest BCUT2D eigenvalue weighted by molar-refractivity contribution is 0.370. The summed E-state index contributed by atoms with van der Waals surface area (Å²) in [5, 5.41) is 0. The van der Waals surface area contributed by atoms with E-state index in [1.54, 1.807) is 0 Å². The van der Waals surface area contributed by atoms with Crippen molar-refractivity contribution in [3.05, 3.63) is 30.1 Å². The summed E-state index contributed by atoms with van der Waals surface area (Å²) in [6.45, 7) is -0.347. The maximum atomic E-state index is 12.8. The maximum absolute atomic E-state index is 12.8. The molecule has 1 rings (SSSR count). The molecular weight excluding hydrogens is 224 g/mol. The summed E-state index contributed by atoms with van der Waals surface area (Å²) in [5.41, 5.74) is 4.98. The summed E-state index contributed by atoms with van der Waals surface area (Å²) in [4.78, 5) is -0.0972. The van der Waals surface area contributed by atoms with Gasteiger partial charge in [0.25, 0.3) is 0 Å². The topological polar surface area (TPSA) is 60.2 Å². The van der Waals surface area contributed by atoms with Crippen molar-refractivity contribution in [2.45, 2.75) is 11.1 Å². The average molecular weight is 235 g/mol. The first-order valence-electron chi connectivity index (χ1n) is 4.28. The number of halogens is 2. The Bertz CT molecular complexity index is 416. The minimum Gasteiger partial charge on any atom is -0.328 e. The molecular formula is C9H11F2NO2S. The SMILES string of the molecule is NCC(F)CS(=O)(=O)c1ccc(F)cc1. The second-order valence-electron chi connectivity index (χ2n) is 3.07. The minimum absolute atomic E-state index is 0.0972. The smallest absolute Gasteiger partial charge is 0.181 e. The second-order valence-corrected chi connectivity index (χ2v) is 5.10.